The van der Waals surface area contributed by atoms with Gasteiger partial charge in [0.25, 0.3) is 0 Å². The summed E-state index contributed by atoms with van der Waals surface area (Å²) in [5, 5.41) is 11.8. The maximum atomic E-state index is 12.1. The van der Waals surface area contributed by atoms with Gasteiger partial charge in [-0.2, -0.15) is 0 Å². The van der Waals surface area contributed by atoms with Gasteiger partial charge in [0, 0.05) is 5.54 Å². The van der Waals surface area contributed by atoms with Crippen LogP contribution in [0.3, 0.4) is 0 Å². The van der Waals surface area contributed by atoms with Gasteiger partial charge in [0.05, 0.1) is 12.8 Å². The quantitative estimate of drug-likeness (QED) is 0.839. The molecule has 4 heteroatoms. The number of carbonyl (C=O) groups is 2. The van der Waals surface area contributed by atoms with Crippen molar-refractivity contribution >= 4 is 11.9 Å². The minimum absolute atomic E-state index is 0.0422. The molecule has 4 nitrogen and oxygen atoms in total. The second-order valence-corrected chi connectivity index (χ2v) is 5.85. The molecule has 0 aliphatic heterocycles. The lowest BCUT2D eigenvalue weighted by Gasteiger charge is -2.33. The first-order valence-electron chi connectivity index (χ1n) is 6.81. The van der Waals surface area contributed by atoms with Gasteiger partial charge in [0.1, 0.15) is 0 Å². The Hall–Kier alpha value is -1.84. The van der Waals surface area contributed by atoms with Gasteiger partial charge < -0.3 is 10.4 Å². The predicted octanol–water partition coefficient (Wildman–Crippen LogP) is 2.54. The molecule has 0 saturated carbocycles. The van der Waals surface area contributed by atoms with Crippen LogP contribution in [0.5, 0.6) is 0 Å². The molecule has 110 valence electrons. The molecule has 1 aromatic rings. The third kappa shape index (κ3) is 4.68. The highest BCUT2D eigenvalue weighted by atomic mass is 16.4. The fraction of sp³-hybridized carbons (Fsp3) is 0.500. The van der Waals surface area contributed by atoms with E-state index in [2.05, 4.69) is 5.32 Å². The highest BCUT2D eigenvalue weighted by molar-refractivity contribution is 5.80. The average molecular weight is 277 g/mol. The zero-order chi connectivity index (χ0) is 15.3. The van der Waals surface area contributed by atoms with Crippen molar-refractivity contribution in [3.05, 3.63) is 35.4 Å². The molecule has 0 heterocycles. The first-order valence-corrected chi connectivity index (χ1v) is 6.81. The molecule has 0 bridgehead atoms. The fourth-order valence-corrected chi connectivity index (χ4v) is 1.96. The monoisotopic (exact) mass is 277 g/mol. The molecule has 2 N–H and O–H groups in total. The number of hydrogen-bond acceptors (Lipinski definition) is 2. The zero-order valence-corrected chi connectivity index (χ0v) is 12.6. The zero-order valence-electron chi connectivity index (χ0n) is 12.6. The van der Waals surface area contributed by atoms with E-state index in [1.807, 2.05) is 45.0 Å². The summed E-state index contributed by atoms with van der Waals surface area (Å²) in [6.45, 7) is 7.59. The Kier molecular flexibility index (Phi) is 5.31. The second-order valence-electron chi connectivity index (χ2n) is 5.85. The van der Waals surface area contributed by atoms with Crippen LogP contribution in [0, 0.1) is 12.8 Å². The minimum atomic E-state index is -0.906. The third-order valence-corrected chi connectivity index (χ3v) is 3.70. The predicted molar refractivity (Wildman–Crippen MR) is 78.5 cm³/mol. The van der Waals surface area contributed by atoms with Gasteiger partial charge >= 0.3 is 5.97 Å². The number of amides is 1. The summed E-state index contributed by atoms with van der Waals surface area (Å²) in [6.07, 6.45) is 0.187. The van der Waals surface area contributed by atoms with Crippen LogP contribution >= 0.6 is 0 Å². The number of carbonyl (C=O) groups excluding carboxylic acids is 1. The number of carboxylic acid groups (broad SMARTS) is 1. The lowest BCUT2D eigenvalue weighted by molar-refractivity contribution is -0.139. The minimum Gasteiger partial charge on any atom is -0.481 e. The van der Waals surface area contributed by atoms with Crippen LogP contribution in [-0.2, 0) is 16.0 Å². The van der Waals surface area contributed by atoms with Crippen molar-refractivity contribution in [2.75, 3.05) is 0 Å². The van der Waals surface area contributed by atoms with E-state index >= 15 is 0 Å². The van der Waals surface area contributed by atoms with Crippen molar-refractivity contribution in [3.8, 4) is 0 Å². The van der Waals surface area contributed by atoms with Gasteiger partial charge in [-0.25, -0.2) is 0 Å². The van der Waals surface area contributed by atoms with Crippen molar-refractivity contribution in [1.82, 2.24) is 5.32 Å². The lowest BCUT2D eigenvalue weighted by Crippen LogP contribution is -2.51. The van der Waals surface area contributed by atoms with Crippen LogP contribution < -0.4 is 5.32 Å². The van der Waals surface area contributed by atoms with E-state index in [9.17, 15) is 9.59 Å². The highest BCUT2D eigenvalue weighted by Crippen LogP contribution is 2.21. The lowest BCUT2D eigenvalue weighted by atomic mass is 9.85. The van der Waals surface area contributed by atoms with E-state index in [1.54, 1.807) is 6.92 Å². The Labute approximate surface area is 120 Å². The average Bonchev–Trinajstić information content (AvgIpc) is 2.30. The molecule has 0 radical (unpaired) electrons. The maximum absolute atomic E-state index is 12.1. The van der Waals surface area contributed by atoms with Crippen molar-refractivity contribution in [1.29, 1.82) is 0 Å². The summed E-state index contributed by atoms with van der Waals surface area (Å²) in [6, 6.07) is 7.75. The van der Waals surface area contributed by atoms with E-state index in [0.717, 1.165) is 11.1 Å². The van der Waals surface area contributed by atoms with Gasteiger partial charge in [-0.15, -0.1) is 0 Å². The second kappa shape index (κ2) is 6.55. The number of nitrogens with one attached hydrogen (secondary N) is 1. The van der Waals surface area contributed by atoms with Crippen molar-refractivity contribution < 1.29 is 14.7 Å². The molecule has 1 aromatic carbocycles. The molecule has 1 rings (SSSR count). The number of benzene rings is 1. The summed E-state index contributed by atoms with van der Waals surface area (Å²) in [7, 11) is 0. The fourth-order valence-electron chi connectivity index (χ4n) is 1.96. The number of rotatable bonds is 6. The normalized spacial score (nSPS) is 13.8. The summed E-state index contributed by atoms with van der Waals surface area (Å²) in [5.74, 6) is -1.01. The Bertz CT molecular complexity index is 479. The van der Waals surface area contributed by atoms with Crippen molar-refractivity contribution in [2.24, 2.45) is 5.92 Å². The number of carboxylic acids is 1. The maximum Gasteiger partial charge on any atom is 0.305 e. The summed E-state index contributed by atoms with van der Waals surface area (Å²) < 4.78 is 0. The number of aryl methyl sites for hydroxylation is 1. The smallest absolute Gasteiger partial charge is 0.305 e. The molecule has 0 spiro atoms. The van der Waals surface area contributed by atoms with Gasteiger partial charge in [-0.1, -0.05) is 43.7 Å². The Balaban J connectivity index is 2.71. The van der Waals surface area contributed by atoms with Crippen LogP contribution in [0.25, 0.3) is 0 Å². The van der Waals surface area contributed by atoms with Crippen molar-refractivity contribution in [2.45, 2.75) is 46.1 Å². The molecule has 0 aliphatic carbocycles. The molecule has 1 unspecified atom stereocenters. The molecule has 1 atom stereocenters. The molecule has 0 saturated heterocycles. The topological polar surface area (TPSA) is 66.4 Å². The van der Waals surface area contributed by atoms with Crippen molar-refractivity contribution in [3.63, 3.8) is 0 Å². The standard InChI is InChI=1S/C16H23NO3/c1-11(2)16(4,10-15(19)20)17-14(18)9-13-7-5-12(3)6-8-13/h5-8,11H,9-10H2,1-4H3,(H,17,18)(H,19,20). The number of aliphatic carboxylic acids is 1. The largest absolute Gasteiger partial charge is 0.481 e. The van der Waals surface area contributed by atoms with E-state index < -0.39 is 11.5 Å². The summed E-state index contributed by atoms with van der Waals surface area (Å²) in [4.78, 5) is 23.0. The van der Waals surface area contributed by atoms with Crippen LogP contribution in [-0.4, -0.2) is 22.5 Å². The SMILES string of the molecule is Cc1ccc(CC(=O)NC(C)(CC(=O)O)C(C)C)cc1. The van der Waals surface area contributed by atoms with E-state index in [-0.39, 0.29) is 24.7 Å². The molecule has 0 aliphatic rings. The van der Waals surface area contributed by atoms with E-state index in [0.29, 0.717) is 0 Å². The van der Waals surface area contributed by atoms with Gasteiger partial charge in [-0.3, -0.25) is 9.59 Å². The van der Waals surface area contributed by atoms with Gasteiger partial charge in [0.15, 0.2) is 0 Å². The summed E-state index contributed by atoms with van der Waals surface area (Å²) >= 11 is 0. The molecule has 0 fully saturated rings. The molecular formula is C16H23NO3. The van der Waals surface area contributed by atoms with Crippen LogP contribution in [0.2, 0.25) is 0 Å². The number of hydrogen-bond donors (Lipinski definition) is 2. The first kappa shape index (κ1) is 16.2. The Morgan fingerprint density at radius 2 is 1.80 bits per heavy atom. The van der Waals surface area contributed by atoms with Gasteiger partial charge in [-0.05, 0) is 25.3 Å². The van der Waals surface area contributed by atoms with Gasteiger partial charge in [0.2, 0.25) is 5.91 Å². The van der Waals surface area contributed by atoms with E-state index in [1.165, 1.54) is 0 Å². The summed E-state index contributed by atoms with van der Waals surface area (Å²) in [5.41, 5.74) is 1.34. The molecule has 20 heavy (non-hydrogen) atoms. The Morgan fingerprint density at radius 3 is 2.25 bits per heavy atom. The van der Waals surface area contributed by atoms with Crippen LogP contribution in [0.15, 0.2) is 24.3 Å². The van der Waals surface area contributed by atoms with Crippen LogP contribution in [0.1, 0.15) is 38.3 Å². The Morgan fingerprint density at radius 1 is 1.25 bits per heavy atom. The molecule has 1 amide bonds. The first-order chi connectivity index (χ1) is 9.23. The highest BCUT2D eigenvalue weighted by Gasteiger charge is 2.32. The molecule has 0 aromatic heterocycles. The van der Waals surface area contributed by atoms with E-state index in [4.69, 9.17) is 5.11 Å². The van der Waals surface area contributed by atoms with Crippen LogP contribution in [0.4, 0.5) is 0 Å². The third-order valence-electron chi connectivity index (χ3n) is 3.70. The molecular weight excluding hydrogens is 254 g/mol.